The average molecular weight is 335 g/mol. The molecule has 0 heterocycles. The van der Waals surface area contributed by atoms with Crippen molar-refractivity contribution in [2.75, 3.05) is 0 Å². The Labute approximate surface area is 72.8 Å². The molecule has 3 heteroatoms. The predicted molar refractivity (Wildman–Crippen MR) is 27.2 cm³/mol. The number of hydrogen-bond acceptors (Lipinski definition) is 0. The zero-order valence-corrected chi connectivity index (χ0v) is 9.47. The summed E-state index contributed by atoms with van der Waals surface area (Å²) < 4.78 is 0. The predicted octanol–water partition coefficient (Wildman–Crippen LogP) is 1.92. The molecule has 8 heavy (non-hydrogen) atoms. The Morgan fingerprint density at radius 1 is 1.88 bits per heavy atom. The van der Waals surface area contributed by atoms with E-state index in [-0.39, 0.29) is 5.03 Å². The molecule has 0 aromatic carbocycles. The van der Waals surface area contributed by atoms with Crippen molar-refractivity contribution >= 4 is 11.6 Å². The first-order valence-corrected chi connectivity index (χ1v) is 8.09. The first-order valence-electron chi connectivity index (χ1n) is 1.74. The maximum atomic E-state index is 5.15. The summed E-state index contributed by atoms with van der Waals surface area (Å²) in [5.41, 5.74) is 0. The molecule has 0 N–H and O–H groups in total. The van der Waals surface area contributed by atoms with Gasteiger partial charge in [-0.1, -0.05) is 0 Å². The van der Waals surface area contributed by atoms with Gasteiger partial charge in [0.15, 0.2) is 0 Å². The van der Waals surface area contributed by atoms with Gasteiger partial charge in [-0.25, -0.2) is 11.6 Å². The van der Waals surface area contributed by atoms with Crippen molar-refractivity contribution < 1.29 is 30.9 Å². The van der Waals surface area contributed by atoms with E-state index in [0.29, 0.717) is 0 Å². The molecule has 0 saturated carbocycles. The van der Waals surface area contributed by atoms with Gasteiger partial charge in [-0.05, 0) is 0 Å². The van der Waals surface area contributed by atoms with Gasteiger partial charge in [0.25, 0.3) is 0 Å². The second kappa shape index (κ2) is 10.9. The Balaban J connectivity index is 0. The van der Waals surface area contributed by atoms with E-state index in [2.05, 4.69) is 20.2 Å². The van der Waals surface area contributed by atoms with Crippen molar-refractivity contribution in [2.45, 2.75) is 6.92 Å². The summed E-state index contributed by atoms with van der Waals surface area (Å²) in [4.78, 5) is 0. The van der Waals surface area contributed by atoms with Gasteiger partial charge in [0.2, 0.25) is 0 Å². The molecular formula is C5H5ClVW-2. The molecule has 0 amide bonds. The number of hydrogen-bond donors (Lipinski definition) is 0. The summed E-state index contributed by atoms with van der Waals surface area (Å²) in [6.45, 7) is 6.70. The molecule has 0 bridgehead atoms. The molecule has 0 atom stereocenters. The molecule has 0 saturated heterocycles. The fourth-order valence-electron chi connectivity index (χ4n) is 0.138. The van der Waals surface area contributed by atoms with E-state index in [1.54, 1.807) is 6.92 Å². The molecule has 0 unspecified atom stereocenters. The van der Waals surface area contributed by atoms with Crippen molar-refractivity contribution in [3.63, 3.8) is 0 Å². The molecule has 0 fully saturated rings. The Kier molecular flexibility index (Phi) is 16.1. The molecular weight excluding hydrogens is 330 g/mol. The number of allylic oxidation sites excluding steroid dienone is 3. The second-order valence-corrected chi connectivity index (χ2v) is 1.25. The van der Waals surface area contributed by atoms with E-state index in [1.165, 1.54) is 22.9 Å². The van der Waals surface area contributed by atoms with Gasteiger partial charge in [-0.15, -0.1) is 6.92 Å². The van der Waals surface area contributed by atoms with Crippen LogP contribution in [0.4, 0.5) is 0 Å². The van der Waals surface area contributed by atoms with Crippen LogP contribution in [-0.4, -0.2) is 0 Å². The Morgan fingerprint density at radius 3 is 2.25 bits per heavy atom. The van der Waals surface area contributed by atoms with Crippen LogP contribution >= 0.6 is 11.6 Å². The SMILES string of the molecule is [CH-]=C(Cl)C=[C-]C.[V]=[W]. The van der Waals surface area contributed by atoms with Gasteiger partial charge in [0.1, 0.15) is 0 Å². The summed E-state index contributed by atoms with van der Waals surface area (Å²) >= 11 is 9.07. The van der Waals surface area contributed by atoms with E-state index >= 15 is 0 Å². The van der Waals surface area contributed by atoms with Gasteiger partial charge in [-0.3, -0.25) is 5.03 Å². The Morgan fingerprint density at radius 2 is 2.25 bits per heavy atom. The van der Waals surface area contributed by atoms with Crippen molar-refractivity contribution in [1.82, 2.24) is 0 Å². The van der Waals surface area contributed by atoms with E-state index < -0.39 is 0 Å². The quantitative estimate of drug-likeness (QED) is 0.507. The fourth-order valence-corrected chi connectivity index (χ4v) is 0.247. The Hall–Kier alpha value is 1.04. The first kappa shape index (κ1) is 11.8. The van der Waals surface area contributed by atoms with E-state index in [0.717, 1.165) is 0 Å². The zero-order chi connectivity index (χ0) is 6.99. The van der Waals surface area contributed by atoms with Gasteiger partial charge >= 0.3 is 30.9 Å². The summed E-state index contributed by atoms with van der Waals surface area (Å²) in [6, 6.07) is 0. The molecule has 45 valence electrons. The first-order chi connectivity index (χ1) is 3.77. The van der Waals surface area contributed by atoms with Crippen LogP contribution in [-0.2, 0) is 30.9 Å². The molecule has 0 radical (unpaired) electrons. The fraction of sp³-hybridized carbons (Fsp3) is 0.200. The summed E-state index contributed by atoms with van der Waals surface area (Å²) in [5, 5.41) is 0.275. The van der Waals surface area contributed by atoms with Gasteiger partial charge < -0.3 is 18.7 Å². The maximum absolute atomic E-state index is 5.15. The van der Waals surface area contributed by atoms with Crippen molar-refractivity contribution in [3.8, 4) is 0 Å². The van der Waals surface area contributed by atoms with Crippen LogP contribution in [0, 0.1) is 12.7 Å². The summed E-state index contributed by atoms with van der Waals surface area (Å²) in [6.07, 6.45) is 4.15. The van der Waals surface area contributed by atoms with E-state index in [4.69, 9.17) is 18.2 Å². The van der Waals surface area contributed by atoms with Crippen LogP contribution in [0.15, 0.2) is 11.1 Å². The molecule has 0 nitrogen and oxygen atoms in total. The van der Waals surface area contributed by atoms with Gasteiger partial charge in [0, 0.05) is 0 Å². The Bertz CT molecular complexity index is 90.4. The molecule has 0 aliphatic carbocycles. The standard InChI is InChI=1S/C5H5Cl.V.W/c1-3-4-5(2)6;;/h2,4H,1H3;;/q-2;;. The van der Waals surface area contributed by atoms with Crippen molar-refractivity contribution in [3.05, 3.63) is 23.8 Å². The third kappa shape index (κ3) is 15.7. The van der Waals surface area contributed by atoms with Crippen LogP contribution in [0.3, 0.4) is 0 Å². The number of rotatable bonds is 1. The molecule has 0 aliphatic rings. The van der Waals surface area contributed by atoms with Gasteiger partial charge in [0.05, 0.1) is 0 Å². The van der Waals surface area contributed by atoms with Gasteiger partial charge in [-0.2, -0.15) is 0 Å². The molecule has 0 aromatic heterocycles. The summed E-state index contributed by atoms with van der Waals surface area (Å²) in [7, 11) is 0. The summed E-state index contributed by atoms with van der Waals surface area (Å²) in [5.74, 6) is 0. The molecule has 0 aromatic rings. The third-order valence-electron chi connectivity index (χ3n) is 0.282. The van der Waals surface area contributed by atoms with E-state index in [1.807, 2.05) is 0 Å². The monoisotopic (exact) mass is 335 g/mol. The molecule has 0 aliphatic heterocycles. The normalized spacial score (nSPS) is 7.62. The van der Waals surface area contributed by atoms with Crippen LogP contribution in [0.1, 0.15) is 6.92 Å². The second-order valence-electron chi connectivity index (χ2n) is 0.818. The van der Waals surface area contributed by atoms with Crippen LogP contribution in [0.2, 0.25) is 0 Å². The average Bonchev–Trinajstić information content (AvgIpc) is 1.72. The molecule has 0 rings (SSSR count). The third-order valence-corrected chi connectivity index (χ3v) is 0.391. The molecule has 0 spiro atoms. The van der Waals surface area contributed by atoms with Crippen LogP contribution in [0.25, 0.3) is 0 Å². The van der Waals surface area contributed by atoms with Crippen LogP contribution in [0.5, 0.6) is 0 Å². The topological polar surface area (TPSA) is 0 Å². The van der Waals surface area contributed by atoms with Crippen LogP contribution < -0.4 is 0 Å². The van der Waals surface area contributed by atoms with Crippen molar-refractivity contribution in [2.24, 2.45) is 0 Å². The number of halogens is 1. The zero-order valence-electron chi connectivity index (χ0n) is 4.39. The van der Waals surface area contributed by atoms with Crippen molar-refractivity contribution in [1.29, 1.82) is 0 Å². The minimum absolute atomic E-state index is 0.275. The minimum atomic E-state index is 0.275. The van der Waals surface area contributed by atoms with E-state index in [9.17, 15) is 0 Å².